The Labute approximate surface area is 127 Å². The molecule has 21 heavy (non-hydrogen) atoms. The molecule has 1 unspecified atom stereocenters. The van der Waals surface area contributed by atoms with Crippen LogP contribution < -0.4 is 11.1 Å². The third-order valence-corrected chi connectivity index (χ3v) is 4.03. The number of anilines is 2. The SMILES string of the molecule is Cc1cccc(SC(C)C(=O)Nc2ccc(F)c(N)c2)c1. The fourth-order valence-electron chi connectivity index (χ4n) is 1.81. The molecular weight excluding hydrogens is 287 g/mol. The Balaban J connectivity index is 2.00. The maximum absolute atomic E-state index is 13.1. The lowest BCUT2D eigenvalue weighted by molar-refractivity contribution is -0.115. The summed E-state index contributed by atoms with van der Waals surface area (Å²) < 4.78 is 13.1. The van der Waals surface area contributed by atoms with Gasteiger partial charge in [0.15, 0.2) is 0 Å². The van der Waals surface area contributed by atoms with E-state index in [0.29, 0.717) is 5.69 Å². The van der Waals surface area contributed by atoms with Crippen molar-refractivity contribution in [2.24, 2.45) is 0 Å². The summed E-state index contributed by atoms with van der Waals surface area (Å²) in [6.07, 6.45) is 0. The summed E-state index contributed by atoms with van der Waals surface area (Å²) in [5, 5.41) is 2.47. The summed E-state index contributed by atoms with van der Waals surface area (Å²) in [5.74, 6) is -0.636. The zero-order valence-corrected chi connectivity index (χ0v) is 12.7. The minimum absolute atomic E-state index is 0.0202. The lowest BCUT2D eigenvalue weighted by Gasteiger charge is -2.13. The number of amides is 1. The summed E-state index contributed by atoms with van der Waals surface area (Å²) >= 11 is 1.48. The Hall–Kier alpha value is -2.01. The molecule has 0 saturated heterocycles. The molecule has 0 aliphatic rings. The van der Waals surface area contributed by atoms with Crippen molar-refractivity contribution in [3.63, 3.8) is 0 Å². The van der Waals surface area contributed by atoms with Gasteiger partial charge in [0.1, 0.15) is 5.82 Å². The topological polar surface area (TPSA) is 55.1 Å². The molecule has 5 heteroatoms. The van der Waals surface area contributed by atoms with Crippen LogP contribution in [0.1, 0.15) is 12.5 Å². The molecule has 1 atom stereocenters. The third kappa shape index (κ3) is 4.23. The summed E-state index contributed by atoms with van der Waals surface area (Å²) in [4.78, 5) is 13.2. The zero-order valence-electron chi connectivity index (χ0n) is 11.9. The van der Waals surface area contributed by atoms with Crippen LogP contribution in [0.2, 0.25) is 0 Å². The number of rotatable bonds is 4. The van der Waals surface area contributed by atoms with Gasteiger partial charge in [0.05, 0.1) is 10.9 Å². The predicted molar refractivity (Wildman–Crippen MR) is 85.9 cm³/mol. The van der Waals surface area contributed by atoms with Gasteiger partial charge in [-0.1, -0.05) is 17.7 Å². The van der Waals surface area contributed by atoms with Crippen molar-refractivity contribution in [3.05, 3.63) is 53.8 Å². The molecule has 0 saturated carbocycles. The van der Waals surface area contributed by atoms with Crippen LogP contribution in [-0.2, 0) is 4.79 Å². The number of carbonyl (C=O) groups is 1. The number of nitrogen functional groups attached to an aromatic ring is 1. The Kier molecular flexibility index (Phi) is 4.85. The van der Waals surface area contributed by atoms with Crippen molar-refractivity contribution < 1.29 is 9.18 Å². The first-order chi connectivity index (χ1) is 9.95. The van der Waals surface area contributed by atoms with E-state index in [1.165, 1.54) is 30.0 Å². The largest absolute Gasteiger partial charge is 0.396 e. The van der Waals surface area contributed by atoms with Crippen LogP contribution in [0, 0.1) is 12.7 Å². The van der Waals surface area contributed by atoms with Gasteiger partial charge < -0.3 is 11.1 Å². The van der Waals surface area contributed by atoms with E-state index in [4.69, 9.17) is 5.73 Å². The molecule has 2 rings (SSSR count). The molecule has 0 spiro atoms. The van der Waals surface area contributed by atoms with Crippen molar-refractivity contribution in [1.29, 1.82) is 0 Å². The van der Waals surface area contributed by atoms with Crippen LogP contribution in [-0.4, -0.2) is 11.2 Å². The van der Waals surface area contributed by atoms with Gasteiger partial charge in [-0.25, -0.2) is 4.39 Å². The molecule has 0 heterocycles. The highest BCUT2D eigenvalue weighted by Gasteiger charge is 2.15. The van der Waals surface area contributed by atoms with Gasteiger partial charge in [-0.2, -0.15) is 0 Å². The monoisotopic (exact) mass is 304 g/mol. The van der Waals surface area contributed by atoms with E-state index in [-0.39, 0.29) is 16.8 Å². The highest BCUT2D eigenvalue weighted by Crippen LogP contribution is 2.25. The molecule has 2 aromatic rings. The quantitative estimate of drug-likeness (QED) is 0.666. The Bertz CT molecular complexity index is 660. The summed E-state index contributed by atoms with van der Waals surface area (Å²) in [7, 11) is 0. The fraction of sp³-hybridized carbons (Fsp3) is 0.188. The highest BCUT2D eigenvalue weighted by atomic mass is 32.2. The molecule has 0 aliphatic heterocycles. The van der Waals surface area contributed by atoms with Crippen LogP contribution in [0.15, 0.2) is 47.4 Å². The van der Waals surface area contributed by atoms with Crippen molar-refractivity contribution in [3.8, 4) is 0 Å². The summed E-state index contributed by atoms with van der Waals surface area (Å²) in [6.45, 7) is 3.84. The molecule has 0 aromatic heterocycles. The Morgan fingerprint density at radius 2 is 2.05 bits per heavy atom. The average Bonchev–Trinajstić information content (AvgIpc) is 2.43. The van der Waals surface area contributed by atoms with E-state index < -0.39 is 5.82 Å². The maximum atomic E-state index is 13.1. The lowest BCUT2D eigenvalue weighted by atomic mass is 10.2. The molecule has 2 aromatic carbocycles. The number of thioether (sulfide) groups is 1. The average molecular weight is 304 g/mol. The van der Waals surface area contributed by atoms with Crippen molar-refractivity contribution in [2.45, 2.75) is 24.0 Å². The van der Waals surface area contributed by atoms with Crippen LogP contribution in [0.5, 0.6) is 0 Å². The number of nitrogens with one attached hydrogen (secondary N) is 1. The molecule has 110 valence electrons. The molecule has 0 radical (unpaired) electrons. The Morgan fingerprint density at radius 3 is 2.71 bits per heavy atom. The number of aryl methyl sites for hydroxylation is 1. The predicted octanol–water partition coefficient (Wildman–Crippen LogP) is 3.84. The van der Waals surface area contributed by atoms with Gasteiger partial charge in [-0.05, 0) is 44.2 Å². The second kappa shape index (κ2) is 6.63. The zero-order chi connectivity index (χ0) is 15.4. The minimum Gasteiger partial charge on any atom is -0.396 e. The van der Waals surface area contributed by atoms with Crippen molar-refractivity contribution in [2.75, 3.05) is 11.1 Å². The number of hydrogen-bond donors (Lipinski definition) is 2. The van der Waals surface area contributed by atoms with Crippen molar-refractivity contribution >= 4 is 29.0 Å². The number of benzene rings is 2. The Morgan fingerprint density at radius 1 is 1.29 bits per heavy atom. The summed E-state index contributed by atoms with van der Waals surface area (Å²) in [5.41, 5.74) is 7.15. The first kappa shape index (κ1) is 15.4. The maximum Gasteiger partial charge on any atom is 0.237 e. The third-order valence-electron chi connectivity index (χ3n) is 2.94. The van der Waals surface area contributed by atoms with Gasteiger partial charge in [0, 0.05) is 10.6 Å². The molecule has 0 fully saturated rings. The van der Waals surface area contributed by atoms with E-state index in [0.717, 1.165) is 10.5 Å². The number of halogens is 1. The van der Waals surface area contributed by atoms with Crippen LogP contribution in [0.3, 0.4) is 0 Å². The van der Waals surface area contributed by atoms with Crippen LogP contribution in [0.25, 0.3) is 0 Å². The first-order valence-corrected chi connectivity index (χ1v) is 7.43. The van der Waals surface area contributed by atoms with E-state index in [2.05, 4.69) is 5.32 Å². The highest BCUT2D eigenvalue weighted by molar-refractivity contribution is 8.00. The molecule has 0 aliphatic carbocycles. The molecule has 3 N–H and O–H groups in total. The molecular formula is C16H17FN2OS. The van der Waals surface area contributed by atoms with Gasteiger partial charge in [0.2, 0.25) is 5.91 Å². The number of carbonyl (C=O) groups excluding carboxylic acids is 1. The molecule has 1 amide bonds. The molecule has 3 nitrogen and oxygen atoms in total. The summed E-state index contributed by atoms with van der Waals surface area (Å²) in [6, 6.07) is 12.1. The number of nitrogens with two attached hydrogens (primary N) is 1. The first-order valence-electron chi connectivity index (χ1n) is 6.55. The molecule has 0 bridgehead atoms. The van der Waals surface area contributed by atoms with E-state index in [1.807, 2.05) is 38.1 Å². The van der Waals surface area contributed by atoms with E-state index >= 15 is 0 Å². The van der Waals surface area contributed by atoms with Crippen LogP contribution >= 0.6 is 11.8 Å². The van der Waals surface area contributed by atoms with Gasteiger partial charge in [-0.3, -0.25) is 4.79 Å². The second-order valence-electron chi connectivity index (χ2n) is 4.80. The fourth-order valence-corrected chi connectivity index (χ4v) is 2.80. The van der Waals surface area contributed by atoms with Gasteiger partial charge >= 0.3 is 0 Å². The van der Waals surface area contributed by atoms with Gasteiger partial charge in [0.25, 0.3) is 0 Å². The van der Waals surface area contributed by atoms with E-state index in [1.54, 1.807) is 0 Å². The lowest BCUT2D eigenvalue weighted by Crippen LogP contribution is -2.22. The van der Waals surface area contributed by atoms with E-state index in [9.17, 15) is 9.18 Å². The van der Waals surface area contributed by atoms with Crippen molar-refractivity contribution in [1.82, 2.24) is 0 Å². The second-order valence-corrected chi connectivity index (χ2v) is 6.22. The normalized spacial score (nSPS) is 12.0. The minimum atomic E-state index is -0.491. The van der Waals surface area contributed by atoms with Crippen LogP contribution in [0.4, 0.5) is 15.8 Å². The smallest absolute Gasteiger partial charge is 0.237 e. The standard InChI is InChI=1S/C16H17FN2OS/c1-10-4-3-5-13(8-10)21-11(2)16(20)19-12-6-7-14(17)15(18)9-12/h3-9,11H,18H2,1-2H3,(H,19,20). The number of hydrogen-bond acceptors (Lipinski definition) is 3. The van der Waals surface area contributed by atoms with Gasteiger partial charge in [-0.15, -0.1) is 11.8 Å².